The summed E-state index contributed by atoms with van der Waals surface area (Å²) in [7, 11) is -5.63. The lowest BCUT2D eigenvalue weighted by Gasteiger charge is -2.15. The van der Waals surface area contributed by atoms with E-state index in [9.17, 15) is 21.6 Å². The van der Waals surface area contributed by atoms with Gasteiger partial charge in [0, 0.05) is 26.0 Å². The minimum atomic E-state index is -3.87. The van der Waals surface area contributed by atoms with Crippen molar-refractivity contribution >= 4 is 25.8 Å². The summed E-state index contributed by atoms with van der Waals surface area (Å²) in [5, 5.41) is 4.91. The molecule has 0 atom stereocenters. The molecule has 0 radical (unpaired) electrons. The molecule has 1 aromatic rings. The Morgan fingerprint density at radius 2 is 1.95 bits per heavy atom. The van der Waals surface area contributed by atoms with Gasteiger partial charge in [0.05, 0.1) is 10.6 Å². The highest BCUT2D eigenvalue weighted by atomic mass is 32.2. The van der Waals surface area contributed by atoms with Gasteiger partial charge in [0.1, 0.15) is 15.5 Å². The van der Waals surface area contributed by atoms with Crippen molar-refractivity contribution < 1.29 is 21.6 Å². The van der Waals surface area contributed by atoms with Crippen molar-refractivity contribution in [1.29, 1.82) is 0 Å². The van der Waals surface area contributed by atoms with Crippen LogP contribution in [0.15, 0.2) is 17.2 Å². The van der Waals surface area contributed by atoms with E-state index in [-0.39, 0.29) is 22.9 Å². The van der Waals surface area contributed by atoms with Gasteiger partial charge in [-0.05, 0) is 6.07 Å². The summed E-state index contributed by atoms with van der Waals surface area (Å²) in [6.07, 6.45) is 2.17. The van der Waals surface area contributed by atoms with E-state index >= 15 is 0 Å². The average Bonchev–Trinajstić information content (AvgIpc) is 2.72. The molecule has 0 spiro atoms. The van der Waals surface area contributed by atoms with Gasteiger partial charge in [-0.2, -0.15) is 0 Å². The van der Waals surface area contributed by atoms with Gasteiger partial charge in [-0.1, -0.05) is 0 Å². The smallest absolute Gasteiger partial charge is 0.270 e. The van der Waals surface area contributed by atoms with Crippen LogP contribution in [-0.4, -0.2) is 58.2 Å². The van der Waals surface area contributed by atoms with Crippen molar-refractivity contribution in [2.45, 2.75) is 4.90 Å². The third kappa shape index (κ3) is 4.65. The van der Waals surface area contributed by atoms with Gasteiger partial charge >= 0.3 is 0 Å². The average molecular weight is 309 g/mol. The molecule has 19 heavy (non-hydrogen) atoms. The topological polar surface area (TPSA) is 130 Å². The SMILES string of the molecule is CN(CCS(C)(=O)=O)C(=O)c1cc(S(N)(=O)=O)c[nH]1. The lowest BCUT2D eigenvalue weighted by atomic mass is 10.4. The Morgan fingerprint density at radius 1 is 1.37 bits per heavy atom. The molecule has 1 heterocycles. The standard InChI is InChI=1S/C9H15N3O5S2/c1-12(3-4-18(2,14)15)9(13)8-5-7(6-11-8)19(10,16)17/h5-6,11H,3-4H2,1-2H3,(H2,10,16,17). The van der Waals surface area contributed by atoms with Crippen LogP contribution in [0.5, 0.6) is 0 Å². The van der Waals surface area contributed by atoms with E-state index in [1.807, 2.05) is 0 Å². The van der Waals surface area contributed by atoms with Gasteiger partial charge in [0.2, 0.25) is 10.0 Å². The number of sulfonamides is 1. The molecule has 0 unspecified atom stereocenters. The summed E-state index contributed by atoms with van der Waals surface area (Å²) < 4.78 is 44.1. The van der Waals surface area contributed by atoms with E-state index in [1.165, 1.54) is 11.9 Å². The lowest BCUT2D eigenvalue weighted by Crippen LogP contribution is -2.31. The zero-order valence-electron chi connectivity index (χ0n) is 10.5. The lowest BCUT2D eigenvalue weighted by molar-refractivity contribution is 0.0798. The largest absolute Gasteiger partial charge is 0.356 e. The summed E-state index contributed by atoms with van der Waals surface area (Å²) in [5.41, 5.74) is 0.0278. The molecule has 0 saturated carbocycles. The quantitative estimate of drug-likeness (QED) is 0.704. The molecular formula is C9H15N3O5S2. The number of nitrogens with one attached hydrogen (secondary N) is 1. The van der Waals surface area contributed by atoms with Crippen LogP contribution >= 0.6 is 0 Å². The van der Waals surface area contributed by atoms with Gasteiger partial charge in [0.15, 0.2) is 0 Å². The van der Waals surface area contributed by atoms with Gasteiger partial charge in [-0.15, -0.1) is 0 Å². The van der Waals surface area contributed by atoms with E-state index in [0.29, 0.717) is 0 Å². The number of hydrogen-bond acceptors (Lipinski definition) is 5. The van der Waals surface area contributed by atoms with Crippen molar-refractivity contribution in [2.75, 3.05) is 25.6 Å². The molecule has 0 aromatic carbocycles. The Hall–Kier alpha value is -1.39. The van der Waals surface area contributed by atoms with Crippen LogP contribution in [0.3, 0.4) is 0 Å². The van der Waals surface area contributed by atoms with Crippen LogP contribution < -0.4 is 5.14 Å². The number of aromatic nitrogens is 1. The predicted octanol–water partition coefficient (Wildman–Crippen LogP) is -1.22. The monoisotopic (exact) mass is 309 g/mol. The minimum Gasteiger partial charge on any atom is -0.356 e. The number of nitrogens with two attached hydrogens (primary N) is 1. The summed E-state index contributed by atoms with van der Waals surface area (Å²) in [6.45, 7) is 0.0153. The Labute approximate surface area is 111 Å². The molecule has 0 aliphatic rings. The fourth-order valence-corrected chi connectivity index (χ4v) is 2.38. The maximum Gasteiger partial charge on any atom is 0.270 e. The molecule has 1 amide bonds. The van der Waals surface area contributed by atoms with Crippen molar-refractivity contribution in [1.82, 2.24) is 9.88 Å². The van der Waals surface area contributed by atoms with E-state index < -0.39 is 25.8 Å². The summed E-state index contributed by atoms with van der Waals surface area (Å²) in [5.74, 6) is -0.684. The number of sulfone groups is 1. The number of rotatable bonds is 5. The number of H-pyrrole nitrogens is 1. The van der Waals surface area contributed by atoms with Crippen molar-refractivity contribution in [3.05, 3.63) is 18.0 Å². The Bertz CT molecular complexity index is 674. The van der Waals surface area contributed by atoms with Gasteiger partial charge in [-0.25, -0.2) is 22.0 Å². The summed E-state index contributed by atoms with van der Waals surface area (Å²) in [4.78, 5) is 15.3. The van der Waals surface area contributed by atoms with Crippen LogP contribution in [0.2, 0.25) is 0 Å². The maximum atomic E-state index is 11.9. The fourth-order valence-electron chi connectivity index (χ4n) is 1.27. The first-order valence-electron chi connectivity index (χ1n) is 5.15. The second kappa shape index (κ2) is 5.31. The third-order valence-electron chi connectivity index (χ3n) is 2.36. The Balaban J connectivity index is 2.81. The van der Waals surface area contributed by atoms with E-state index in [4.69, 9.17) is 5.14 Å². The van der Waals surface area contributed by atoms with Gasteiger partial charge in [-0.3, -0.25) is 4.79 Å². The molecule has 0 saturated heterocycles. The molecule has 10 heteroatoms. The number of primary sulfonamides is 1. The maximum absolute atomic E-state index is 11.9. The first kappa shape index (κ1) is 15.7. The van der Waals surface area contributed by atoms with Gasteiger partial charge in [0.25, 0.3) is 5.91 Å². The fraction of sp³-hybridized carbons (Fsp3) is 0.444. The Morgan fingerprint density at radius 3 is 2.37 bits per heavy atom. The number of aromatic amines is 1. The molecule has 0 bridgehead atoms. The third-order valence-corrected chi connectivity index (χ3v) is 4.18. The predicted molar refractivity (Wildman–Crippen MR) is 68.8 cm³/mol. The number of carbonyl (C=O) groups is 1. The van der Waals surface area contributed by atoms with Crippen molar-refractivity contribution in [3.63, 3.8) is 0 Å². The highest BCUT2D eigenvalue weighted by Crippen LogP contribution is 2.10. The zero-order chi connectivity index (χ0) is 14.8. The molecule has 1 rings (SSSR count). The number of carbonyl (C=O) groups excluding carboxylic acids is 1. The molecule has 1 aromatic heterocycles. The first-order valence-corrected chi connectivity index (χ1v) is 8.76. The normalized spacial score (nSPS) is 12.4. The van der Waals surface area contributed by atoms with Crippen LogP contribution in [0.25, 0.3) is 0 Å². The molecule has 108 valence electrons. The molecule has 0 aliphatic heterocycles. The van der Waals surface area contributed by atoms with E-state index in [1.54, 1.807) is 0 Å². The zero-order valence-corrected chi connectivity index (χ0v) is 12.1. The van der Waals surface area contributed by atoms with Crippen molar-refractivity contribution in [2.24, 2.45) is 5.14 Å². The summed E-state index contributed by atoms with van der Waals surface area (Å²) in [6, 6.07) is 1.11. The van der Waals surface area contributed by atoms with Gasteiger partial charge < -0.3 is 9.88 Å². The number of hydrogen-bond donors (Lipinski definition) is 2. The Kier molecular flexibility index (Phi) is 4.38. The highest BCUT2D eigenvalue weighted by Gasteiger charge is 2.18. The molecule has 0 fully saturated rings. The van der Waals surface area contributed by atoms with Crippen LogP contribution in [0.1, 0.15) is 10.5 Å². The molecule has 8 nitrogen and oxygen atoms in total. The van der Waals surface area contributed by atoms with E-state index in [2.05, 4.69) is 4.98 Å². The number of amides is 1. The van der Waals surface area contributed by atoms with Crippen LogP contribution in [-0.2, 0) is 19.9 Å². The van der Waals surface area contributed by atoms with Crippen LogP contribution in [0, 0.1) is 0 Å². The second-order valence-corrected chi connectivity index (χ2v) is 7.97. The first-order chi connectivity index (χ1) is 8.50. The number of nitrogens with zero attached hydrogens (tertiary/aromatic N) is 1. The van der Waals surface area contributed by atoms with E-state index in [0.717, 1.165) is 18.5 Å². The minimum absolute atomic E-state index is 0.0153. The summed E-state index contributed by atoms with van der Waals surface area (Å²) >= 11 is 0. The highest BCUT2D eigenvalue weighted by molar-refractivity contribution is 7.90. The van der Waals surface area contributed by atoms with Crippen LogP contribution in [0.4, 0.5) is 0 Å². The molecular weight excluding hydrogens is 294 g/mol. The van der Waals surface area contributed by atoms with Crippen molar-refractivity contribution in [3.8, 4) is 0 Å². The second-order valence-electron chi connectivity index (χ2n) is 4.15. The molecule has 3 N–H and O–H groups in total. The molecule has 0 aliphatic carbocycles.